The molecule has 0 amide bonds. The maximum absolute atomic E-state index is 13.2. The number of hydrogen-bond donors (Lipinski definition) is 2. The van der Waals surface area contributed by atoms with Gasteiger partial charge < -0.3 is 10.1 Å². The molecular weight excluding hydrogens is 468 g/mol. The molecule has 5 nitrogen and oxygen atoms in total. The second-order valence-corrected chi connectivity index (χ2v) is 10.9. The van der Waals surface area contributed by atoms with Crippen LogP contribution in [0.2, 0.25) is 5.02 Å². The first kappa shape index (κ1) is 22.8. The summed E-state index contributed by atoms with van der Waals surface area (Å²) in [6, 6.07) is 18.8. The molecule has 5 rings (SSSR count). The molecule has 3 atom stereocenters. The van der Waals surface area contributed by atoms with Crippen molar-refractivity contribution in [3.63, 3.8) is 0 Å². The molecule has 1 heterocycles. The zero-order valence-corrected chi connectivity index (χ0v) is 20.7. The first-order valence-corrected chi connectivity index (χ1v) is 13.3. The Morgan fingerprint density at radius 1 is 1.09 bits per heavy atom. The lowest BCUT2D eigenvalue weighted by molar-refractivity contribution is 0.340. The third kappa shape index (κ3) is 4.28. The molecule has 2 aliphatic rings. The molecule has 1 aliphatic heterocycles. The van der Waals surface area contributed by atoms with Crippen molar-refractivity contribution in [2.24, 2.45) is 5.92 Å². The number of ether oxygens (including phenoxy) is 1. The highest BCUT2D eigenvalue weighted by atomic mass is 35.5. The molecule has 34 heavy (non-hydrogen) atoms. The number of nitrogens with one attached hydrogen (secondary N) is 2. The maximum atomic E-state index is 13.2. The van der Waals surface area contributed by atoms with Gasteiger partial charge in [0.1, 0.15) is 5.75 Å². The van der Waals surface area contributed by atoms with Gasteiger partial charge in [-0.3, -0.25) is 4.72 Å². The van der Waals surface area contributed by atoms with Gasteiger partial charge in [0.05, 0.1) is 23.2 Å². The Kier molecular flexibility index (Phi) is 6.04. The van der Waals surface area contributed by atoms with Gasteiger partial charge in [-0.2, -0.15) is 0 Å². The number of halogens is 1. The Morgan fingerprint density at radius 3 is 2.62 bits per heavy atom. The van der Waals surface area contributed by atoms with Gasteiger partial charge in [-0.1, -0.05) is 35.9 Å². The van der Waals surface area contributed by atoms with Crippen LogP contribution in [0.1, 0.15) is 42.0 Å². The predicted molar refractivity (Wildman–Crippen MR) is 137 cm³/mol. The Labute approximate surface area is 205 Å². The van der Waals surface area contributed by atoms with E-state index in [9.17, 15) is 8.42 Å². The number of hydrogen-bond acceptors (Lipinski definition) is 4. The molecule has 0 unspecified atom stereocenters. The molecule has 0 aromatic heterocycles. The van der Waals surface area contributed by atoms with Gasteiger partial charge in [-0.25, -0.2) is 8.42 Å². The molecule has 0 bridgehead atoms. The SMILES string of the molecule is CCOc1ccc([C@H]2Nc3ccc(S(=O)(=O)Nc4ccc(Cl)cc4C)cc3[C@H]3C=CC[C@H]32)cc1. The van der Waals surface area contributed by atoms with Gasteiger partial charge in [-0.15, -0.1) is 0 Å². The average molecular weight is 495 g/mol. The van der Waals surface area contributed by atoms with Crippen molar-refractivity contribution in [3.05, 3.63) is 94.5 Å². The number of sulfonamides is 1. The first-order valence-electron chi connectivity index (χ1n) is 11.4. The number of rotatable bonds is 6. The molecule has 1 aliphatic carbocycles. The second-order valence-electron chi connectivity index (χ2n) is 8.79. The van der Waals surface area contributed by atoms with Gasteiger partial charge in [0.15, 0.2) is 0 Å². The molecule has 2 N–H and O–H groups in total. The van der Waals surface area contributed by atoms with Gasteiger partial charge in [0.2, 0.25) is 0 Å². The molecule has 3 aromatic carbocycles. The Balaban J connectivity index is 1.45. The summed E-state index contributed by atoms with van der Waals surface area (Å²) in [5, 5.41) is 4.24. The van der Waals surface area contributed by atoms with Crippen LogP contribution in [0.5, 0.6) is 5.75 Å². The Hall–Kier alpha value is -2.96. The molecule has 176 valence electrons. The molecule has 0 radical (unpaired) electrons. The van der Waals surface area contributed by atoms with E-state index in [4.69, 9.17) is 16.3 Å². The lowest BCUT2D eigenvalue weighted by Crippen LogP contribution is -2.29. The summed E-state index contributed by atoms with van der Waals surface area (Å²) in [4.78, 5) is 0.251. The number of aryl methyl sites for hydroxylation is 1. The van der Waals surface area contributed by atoms with Gasteiger partial charge >= 0.3 is 0 Å². The minimum Gasteiger partial charge on any atom is -0.494 e. The highest BCUT2D eigenvalue weighted by Gasteiger charge is 2.38. The van der Waals surface area contributed by atoms with Gasteiger partial charge in [-0.05, 0) is 91.4 Å². The van der Waals surface area contributed by atoms with Crippen LogP contribution in [0, 0.1) is 12.8 Å². The fraction of sp³-hybridized carbons (Fsp3) is 0.259. The summed E-state index contributed by atoms with van der Waals surface area (Å²) in [7, 11) is -3.75. The highest BCUT2D eigenvalue weighted by Crippen LogP contribution is 2.50. The minimum atomic E-state index is -3.75. The standard InChI is InChI=1S/C27H27ClN2O3S/c1-3-33-20-10-7-18(8-11-20)27-23-6-4-5-22(23)24-16-21(12-14-26(24)29-27)34(31,32)30-25-13-9-19(28)15-17(25)2/h4-5,7-16,22-23,27,29-30H,3,6H2,1-2H3/t22-,23+,27+/m0/s1. The Bertz CT molecular complexity index is 1350. The van der Waals surface area contributed by atoms with Crippen LogP contribution < -0.4 is 14.8 Å². The van der Waals surface area contributed by atoms with Crippen LogP contribution in [0.3, 0.4) is 0 Å². The number of benzene rings is 3. The highest BCUT2D eigenvalue weighted by molar-refractivity contribution is 7.92. The molecule has 0 saturated carbocycles. The fourth-order valence-electron chi connectivity index (χ4n) is 4.95. The zero-order chi connectivity index (χ0) is 23.9. The number of allylic oxidation sites excluding steroid dienone is 2. The van der Waals surface area contributed by atoms with E-state index >= 15 is 0 Å². The Morgan fingerprint density at radius 2 is 1.88 bits per heavy atom. The average Bonchev–Trinajstić information content (AvgIpc) is 3.31. The van der Waals surface area contributed by atoms with E-state index in [0.717, 1.165) is 29.0 Å². The quantitative estimate of drug-likeness (QED) is 0.375. The topological polar surface area (TPSA) is 67.4 Å². The lowest BCUT2D eigenvalue weighted by Gasteiger charge is -2.37. The van der Waals surface area contributed by atoms with E-state index in [2.05, 4.69) is 34.3 Å². The van der Waals surface area contributed by atoms with Crippen molar-refractivity contribution in [3.8, 4) is 5.75 Å². The summed E-state index contributed by atoms with van der Waals surface area (Å²) in [6.07, 6.45) is 5.34. The summed E-state index contributed by atoms with van der Waals surface area (Å²) in [6.45, 7) is 4.44. The molecular formula is C27H27ClN2O3S. The van der Waals surface area contributed by atoms with Crippen LogP contribution in [-0.4, -0.2) is 15.0 Å². The van der Waals surface area contributed by atoms with E-state index in [1.54, 1.807) is 30.3 Å². The van der Waals surface area contributed by atoms with Crippen LogP contribution in [0.4, 0.5) is 11.4 Å². The van der Waals surface area contributed by atoms with Gasteiger partial charge in [0, 0.05) is 16.6 Å². The summed E-state index contributed by atoms with van der Waals surface area (Å²) in [5.74, 6) is 1.33. The third-order valence-electron chi connectivity index (χ3n) is 6.63. The van der Waals surface area contributed by atoms with Crippen LogP contribution in [0.15, 0.2) is 77.7 Å². The smallest absolute Gasteiger partial charge is 0.261 e. The van der Waals surface area contributed by atoms with Gasteiger partial charge in [0.25, 0.3) is 10.0 Å². The predicted octanol–water partition coefficient (Wildman–Crippen LogP) is 6.67. The molecule has 0 spiro atoms. The minimum absolute atomic E-state index is 0.139. The van der Waals surface area contributed by atoms with E-state index < -0.39 is 10.0 Å². The molecule has 0 fully saturated rings. The summed E-state index contributed by atoms with van der Waals surface area (Å²) in [5.41, 5.74) is 4.47. The van der Waals surface area contributed by atoms with Crippen molar-refractivity contribution in [1.82, 2.24) is 0 Å². The third-order valence-corrected chi connectivity index (χ3v) is 8.23. The summed E-state index contributed by atoms with van der Waals surface area (Å²) < 4.78 is 34.7. The van der Waals surface area contributed by atoms with E-state index in [1.807, 2.05) is 32.0 Å². The van der Waals surface area contributed by atoms with Crippen LogP contribution in [0.25, 0.3) is 0 Å². The van der Waals surface area contributed by atoms with Crippen molar-refractivity contribution in [2.45, 2.75) is 37.1 Å². The molecule has 0 saturated heterocycles. The zero-order valence-electron chi connectivity index (χ0n) is 19.1. The van der Waals surface area contributed by atoms with Crippen molar-refractivity contribution in [1.29, 1.82) is 0 Å². The van der Waals surface area contributed by atoms with E-state index in [0.29, 0.717) is 23.2 Å². The van der Waals surface area contributed by atoms with Crippen LogP contribution in [-0.2, 0) is 10.0 Å². The van der Waals surface area contributed by atoms with Crippen molar-refractivity contribution >= 4 is 33.0 Å². The molecule has 7 heteroatoms. The maximum Gasteiger partial charge on any atom is 0.261 e. The number of fused-ring (bicyclic) bond motifs is 3. The van der Waals surface area contributed by atoms with E-state index in [-0.39, 0.29) is 16.9 Å². The van der Waals surface area contributed by atoms with Crippen LogP contribution >= 0.6 is 11.6 Å². The van der Waals surface area contributed by atoms with E-state index in [1.165, 1.54) is 5.56 Å². The number of anilines is 2. The van der Waals surface area contributed by atoms with Crippen molar-refractivity contribution < 1.29 is 13.2 Å². The fourth-order valence-corrected chi connectivity index (χ4v) is 6.35. The summed E-state index contributed by atoms with van der Waals surface area (Å²) >= 11 is 6.02. The second kappa shape index (κ2) is 9.01. The normalized spacial score (nSPS) is 20.9. The first-order chi connectivity index (χ1) is 16.4. The lowest BCUT2D eigenvalue weighted by atomic mass is 9.77. The van der Waals surface area contributed by atoms with Crippen molar-refractivity contribution in [2.75, 3.05) is 16.6 Å². The largest absolute Gasteiger partial charge is 0.494 e. The molecule has 3 aromatic rings. The monoisotopic (exact) mass is 494 g/mol.